The minimum atomic E-state index is -1.11. The molecule has 2 aromatic carbocycles. The Bertz CT molecular complexity index is 645. The first-order valence-electron chi connectivity index (χ1n) is 6.59. The molecule has 2 rings (SSSR count). The van der Waals surface area contributed by atoms with E-state index < -0.39 is 8.80 Å². The van der Waals surface area contributed by atoms with Crippen molar-refractivity contribution in [1.82, 2.24) is 0 Å². The summed E-state index contributed by atoms with van der Waals surface area (Å²) in [5.74, 6) is 0.0634. The van der Waals surface area contributed by atoms with Crippen LogP contribution in [0.5, 0.6) is 0 Å². The van der Waals surface area contributed by atoms with Gasteiger partial charge in [-0.2, -0.15) is 0 Å². The van der Waals surface area contributed by atoms with Gasteiger partial charge in [0.05, 0.1) is 8.80 Å². The van der Waals surface area contributed by atoms with Crippen molar-refractivity contribution in [2.24, 2.45) is 0 Å². The van der Waals surface area contributed by atoms with Crippen LogP contribution in [0.3, 0.4) is 0 Å². The molecule has 0 aliphatic carbocycles. The molecule has 0 N–H and O–H groups in total. The van der Waals surface area contributed by atoms with Crippen LogP contribution < -0.4 is 5.19 Å². The Morgan fingerprint density at radius 3 is 2.35 bits per heavy atom. The molecule has 3 heteroatoms. The minimum Gasteiger partial charge on any atom is -0.289 e. The highest BCUT2D eigenvalue weighted by Gasteiger charge is 2.16. The van der Waals surface area contributed by atoms with Crippen molar-refractivity contribution in [3.8, 4) is 0 Å². The second kappa shape index (κ2) is 6.20. The lowest BCUT2D eigenvalue weighted by atomic mass is 10.0. The zero-order valence-corrected chi connectivity index (χ0v) is 13.6. The first-order chi connectivity index (χ1) is 9.52. The molecule has 0 fully saturated rings. The summed E-state index contributed by atoms with van der Waals surface area (Å²) in [4.78, 5) is 12.6. The molecule has 0 aromatic heterocycles. The molecular formula is C17H17ClOSi. The van der Waals surface area contributed by atoms with Gasteiger partial charge >= 0.3 is 0 Å². The van der Waals surface area contributed by atoms with Gasteiger partial charge in [0.25, 0.3) is 0 Å². The number of ketones is 1. The summed E-state index contributed by atoms with van der Waals surface area (Å²) in [6.45, 7) is 8.11. The number of carbonyl (C=O) groups is 1. The van der Waals surface area contributed by atoms with Crippen LogP contribution in [0.4, 0.5) is 0 Å². The minimum absolute atomic E-state index is 0.0634. The molecule has 0 saturated heterocycles. The summed E-state index contributed by atoms with van der Waals surface area (Å²) in [6.07, 6.45) is 1.77. The zero-order chi connectivity index (χ0) is 14.7. The van der Waals surface area contributed by atoms with E-state index in [0.717, 1.165) is 16.3 Å². The van der Waals surface area contributed by atoms with E-state index in [9.17, 15) is 4.79 Å². The molecule has 0 aliphatic rings. The van der Waals surface area contributed by atoms with E-state index in [0.29, 0.717) is 10.6 Å². The van der Waals surface area contributed by atoms with Gasteiger partial charge in [-0.15, -0.1) is 0 Å². The molecule has 0 atom stereocenters. The highest BCUT2D eigenvalue weighted by atomic mass is 35.5. The predicted molar refractivity (Wildman–Crippen MR) is 89.9 cm³/mol. The Kier molecular flexibility index (Phi) is 4.58. The van der Waals surface area contributed by atoms with Gasteiger partial charge in [0.2, 0.25) is 0 Å². The summed E-state index contributed by atoms with van der Waals surface area (Å²) in [5.41, 5.74) is 2.49. The Morgan fingerprint density at radius 1 is 1.15 bits per heavy atom. The zero-order valence-electron chi connectivity index (χ0n) is 11.7. The molecule has 1 nitrogen and oxygen atoms in total. The van der Waals surface area contributed by atoms with Crippen molar-refractivity contribution >= 4 is 37.4 Å². The van der Waals surface area contributed by atoms with Gasteiger partial charge in [0, 0.05) is 16.1 Å². The molecule has 0 spiro atoms. The lowest BCUT2D eigenvalue weighted by Gasteiger charge is -2.12. The van der Waals surface area contributed by atoms with E-state index in [1.807, 2.05) is 36.4 Å². The van der Waals surface area contributed by atoms with Crippen LogP contribution in [-0.2, 0) is 0 Å². The van der Waals surface area contributed by atoms with Crippen molar-refractivity contribution in [3.05, 3.63) is 70.8 Å². The first kappa shape index (κ1) is 14.8. The van der Waals surface area contributed by atoms with E-state index in [2.05, 4.69) is 19.7 Å². The molecule has 0 radical (unpaired) electrons. The second-order valence-corrected chi connectivity index (χ2v) is 8.41. The van der Waals surface area contributed by atoms with E-state index in [1.54, 1.807) is 12.1 Å². The van der Waals surface area contributed by atoms with Gasteiger partial charge in [0.15, 0.2) is 5.78 Å². The van der Waals surface area contributed by atoms with E-state index >= 15 is 0 Å². The van der Waals surface area contributed by atoms with Crippen molar-refractivity contribution < 1.29 is 4.79 Å². The summed E-state index contributed by atoms with van der Waals surface area (Å²) in [7, 11) is -1.11. The largest absolute Gasteiger partial charge is 0.289 e. The molecule has 0 amide bonds. The van der Waals surface area contributed by atoms with Crippen LogP contribution in [0.25, 0.3) is 6.08 Å². The standard InChI is InChI=1S/C17H17ClOSi/c1-4-12-5-7-13(8-6-12)17(19)15-10-9-14(18)11-16(15)20(2)3/h4-11,20H,1H2,2-3H3. The Balaban J connectivity index is 2.44. The Morgan fingerprint density at radius 2 is 1.80 bits per heavy atom. The molecule has 0 heterocycles. The third kappa shape index (κ3) is 3.09. The van der Waals surface area contributed by atoms with Crippen LogP contribution in [0, 0.1) is 0 Å². The first-order valence-corrected chi connectivity index (χ1v) is 9.86. The fourth-order valence-corrected chi connectivity index (χ4v) is 3.79. The smallest absolute Gasteiger partial charge is 0.192 e. The Labute approximate surface area is 126 Å². The fraction of sp³-hybridized carbons (Fsp3) is 0.118. The summed E-state index contributed by atoms with van der Waals surface area (Å²) < 4.78 is 0. The average molecular weight is 301 g/mol. The van der Waals surface area contributed by atoms with Crippen molar-refractivity contribution in [2.75, 3.05) is 0 Å². The molecule has 0 saturated carbocycles. The monoisotopic (exact) mass is 300 g/mol. The predicted octanol–water partition coefficient (Wildman–Crippen LogP) is 3.91. The molecule has 0 bridgehead atoms. The summed E-state index contributed by atoms with van der Waals surface area (Å²) >= 11 is 6.05. The van der Waals surface area contributed by atoms with Crippen molar-refractivity contribution in [3.63, 3.8) is 0 Å². The second-order valence-electron chi connectivity index (χ2n) is 5.04. The maximum Gasteiger partial charge on any atom is 0.192 e. The lowest BCUT2D eigenvalue weighted by Crippen LogP contribution is -2.29. The van der Waals surface area contributed by atoms with Crippen LogP contribution >= 0.6 is 11.6 Å². The van der Waals surface area contributed by atoms with Gasteiger partial charge < -0.3 is 0 Å². The highest BCUT2D eigenvalue weighted by Crippen LogP contribution is 2.14. The van der Waals surface area contributed by atoms with E-state index in [4.69, 9.17) is 11.6 Å². The van der Waals surface area contributed by atoms with Crippen LogP contribution in [-0.4, -0.2) is 14.6 Å². The van der Waals surface area contributed by atoms with Crippen molar-refractivity contribution in [2.45, 2.75) is 13.1 Å². The molecule has 20 heavy (non-hydrogen) atoms. The lowest BCUT2D eigenvalue weighted by molar-refractivity contribution is 0.104. The third-order valence-electron chi connectivity index (χ3n) is 3.29. The van der Waals surface area contributed by atoms with Gasteiger partial charge in [0.1, 0.15) is 0 Å². The number of benzene rings is 2. The van der Waals surface area contributed by atoms with Crippen LogP contribution in [0.1, 0.15) is 21.5 Å². The fourth-order valence-electron chi connectivity index (χ4n) is 2.14. The normalized spacial score (nSPS) is 10.6. The molecule has 102 valence electrons. The van der Waals surface area contributed by atoms with E-state index in [1.165, 1.54) is 0 Å². The maximum atomic E-state index is 12.6. The van der Waals surface area contributed by atoms with Gasteiger partial charge in [-0.3, -0.25) is 4.79 Å². The van der Waals surface area contributed by atoms with Gasteiger partial charge in [-0.1, -0.05) is 66.8 Å². The Hall–Kier alpha value is -1.64. The summed E-state index contributed by atoms with van der Waals surface area (Å²) in [5, 5.41) is 1.81. The third-order valence-corrected chi connectivity index (χ3v) is 5.25. The topological polar surface area (TPSA) is 17.1 Å². The van der Waals surface area contributed by atoms with Gasteiger partial charge in [-0.05, 0) is 23.8 Å². The molecule has 2 aromatic rings. The van der Waals surface area contributed by atoms with E-state index in [-0.39, 0.29) is 5.78 Å². The molecular weight excluding hydrogens is 284 g/mol. The average Bonchev–Trinajstić information content (AvgIpc) is 2.46. The number of halogens is 1. The molecule has 0 aliphatic heterocycles. The molecule has 0 unspecified atom stereocenters. The number of hydrogen-bond donors (Lipinski definition) is 0. The SMILES string of the molecule is C=Cc1ccc(C(=O)c2ccc(Cl)cc2[SiH](C)C)cc1. The highest BCUT2D eigenvalue weighted by molar-refractivity contribution is 6.72. The maximum absolute atomic E-state index is 12.6. The van der Waals surface area contributed by atoms with Crippen LogP contribution in [0.2, 0.25) is 18.1 Å². The van der Waals surface area contributed by atoms with Gasteiger partial charge in [-0.25, -0.2) is 0 Å². The number of hydrogen-bond acceptors (Lipinski definition) is 1. The summed E-state index contributed by atoms with van der Waals surface area (Å²) in [6, 6.07) is 13.1. The van der Waals surface area contributed by atoms with Crippen LogP contribution in [0.15, 0.2) is 49.0 Å². The number of rotatable bonds is 4. The quantitative estimate of drug-likeness (QED) is 0.618. The number of carbonyl (C=O) groups excluding carboxylic acids is 1. The van der Waals surface area contributed by atoms with Crippen molar-refractivity contribution in [1.29, 1.82) is 0 Å².